The van der Waals surface area contributed by atoms with Gasteiger partial charge in [0.25, 0.3) is 5.56 Å². The zero-order valence-corrected chi connectivity index (χ0v) is 17.6. The van der Waals surface area contributed by atoms with Crippen molar-refractivity contribution in [3.8, 4) is 0 Å². The Kier molecular flexibility index (Phi) is 5.52. The number of amides is 1. The Hall–Kier alpha value is -2.73. The van der Waals surface area contributed by atoms with Crippen LogP contribution in [0.2, 0.25) is 0 Å². The molecule has 12 heteroatoms. The van der Waals surface area contributed by atoms with Crippen LogP contribution in [-0.2, 0) is 30.2 Å². The standard InChI is InChI=1S/C16H16BrN5O5S/c1-4-27-14(25)8-5-6-28-11(8)18-9(23)7-22-12-10(19-15(22)17)13(24)21(3)16(26)20(12)2/h5-6H,4,7H2,1-3H3,(H,18,23). The molecule has 0 spiro atoms. The normalized spacial score (nSPS) is 11.0. The molecule has 1 N–H and O–H groups in total. The monoisotopic (exact) mass is 469 g/mol. The molecule has 0 atom stereocenters. The molecule has 148 valence electrons. The summed E-state index contributed by atoms with van der Waals surface area (Å²) in [5.41, 5.74) is -0.550. The van der Waals surface area contributed by atoms with Crippen LogP contribution >= 0.6 is 27.3 Å². The van der Waals surface area contributed by atoms with E-state index < -0.39 is 23.1 Å². The molecule has 0 aliphatic heterocycles. The number of aryl methyl sites for hydroxylation is 1. The van der Waals surface area contributed by atoms with E-state index in [1.807, 2.05) is 0 Å². The van der Waals surface area contributed by atoms with Gasteiger partial charge in [-0.1, -0.05) is 0 Å². The van der Waals surface area contributed by atoms with Crippen molar-refractivity contribution in [1.82, 2.24) is 18.7 Å². The van der Waals surface area contributed by atoms with Gasteiger partial charge < -0.3 is 10.1 Å². The Morgan fingerprint density at radius 2 is 2.00 bits per heavy atom. The molecule has 3 rings (SSSR count). The van der Waals surface area contributed by atoms with Gasteiger partial charge in [-0.2, -0.15) is 0 Å². The van der Waals surface area contributed by atoms with Gasteiger partial charge in [0, 0.05) is 14.1 Å². The third-order valence-electron chi connectivity index (χ3n) is 4.01. The lowest BCUT2D eigenvalue weighted by atomic mass is 10.3. The number of thiophene rings is 1. The zero-order chi connectivity index (χ0) is 20.6. The maximum atomic E-state index is 12.6. The Bertz CT molecular complexity index is 1200. The van der Waals surface area contributed by atoms with E-state index in [1.54, 1.807) is 18.4 Å². The maximum absolute atomic E-state index is 12.6. The first-order valence-corrected chi connectivity index (χ1v) is 9.79. The molecule has 0 fully saturated rings. The summed E-state index contributed by atoms with van der Waals surface area (Å²) in [6, 6.07) is 1.56. The van der Waals surface area contributed by atoms with Crippen molar-refractivity contribution in [3.63, 3.8) is 0 Å². The first kappa shape index (κ1) is 20.0. The number of ether oxygens (including phenoxy) is 1. The van der Waals surface area contributed by atoms with E-state index in [0.29, 0.717) is 5.00 Å². The van der Waals surface area contributed by atoms with E-state index in [9.17, 15) is 19.2 Å². The van der Waals surface area contributed by atoms with E-state index in [1.165, 1.54) is 34.6 Å². The summed E-state index contributed by atoms with van der Waals surface area (Å²) in [7, 11) is 2.85. The molecule has 0 unspecified atom stereocenters. The summed E-state index contributed by atoms with van der Waals surface area (Å²) in [5, 5.41) is 4.68. The maximum Gasteiger partial charge on any atom is 0.341 e. The fraction of sp³-hybridized carbons (Fsp3) is 0.312. The first-order chi connectivity index (χ1) is 13.3. The molecule has 0 aliphatic carbocycles. The van der Waals surface area contributed by atoms with Crippen molar-refractivity contribution in [2.75, 3.05) is 11.9 Å². The van der Waals surface area contributed by atoms with Gasteiger partial charge in [-0.15, -0.1) is 11.3 Å². The number of carbonyl (C=O) groups is 2. The Morgan fingerprint density at radius 3 is 2.68 bits per heavy atom. The number of hydrogen-bond acceptors (Lipinski definition) is 7. The van der Waals surface area contributed by atoms with Crippen LogP contribution in [0.25, 0.3) is 11.2 Å². The Balaban J connectivity index is 1.94. The number of hydrogen-bond donors (Lipinski definition) is 1. The number of nitrogens with one attached hydrogen (secondary N) is 1. The number of anilines is 1. The highest BCUT2D eigenvalue weighted by atomic mass is 79.9. The number of imidazole rings is 1. The highest BCUT2D eigenvalue weighted by molar-refractivity contribution is 9.10. The lowest BCUT2D eigenvalue weighted by molar-refractivity contribution is -0.116. The fourth-order valence-corrected chi connectivity index (χ4v) is 3.95. The predicted molar refractivity (Wildman–Crippen MR) is 107 cm³/mol. The second-order valence-electron chi connectivity index (χ2n) is 5.78. The molecule has 0 radical (unpaired) electrons. The van der Waals surface area contributed by atoms with E-state index in [4.69, 9.17) is 4.74 Å². The van der Waals surface area contributed by atoms with E-state index in [0.717, 1.165) is 4.57 Å². The highest BCUT2D eigenvalue weighted by Gasteiger charge is 2.21. The molecule has 0 aliphatic rings. The summed E-state index contributed by atoms with van der Waals surface area (Å²) < 4.78 is 8.80. The van der Waals surface area contributed by atoms with Crippen LogP contribution in [0.4, 0.5) is 5.00 Å². The Morgan fingerprint density at radius 1 is 1.29 bits per heavy atom. The van der Waals surface area contributed by atoms with Crippen molar-refractivity contribution >= 4 is 55.3 Å². The molecule has 3 aromatic heterocycles. The lowest BCUT2D eigenvalue weighted by Crippen LogP contribution is -2.37. The minimum Gasteiger partial charge on any atom is -0.462 e. The molecular weight excluding hydrogens is 454 g/mol. The zero-order valence-electron chi connectivity index (χ0n) is 15.2. The topological polar surface area (TPSA) is 117 Å². The SMILES string of the molecule is CCOC(=O)c1ccsc1NC(=O)Cn1c(Br)nc2c(=O)n(C)c(=O)n(C)c21. The van der Waals surface area contributed by atoms with Gasteiger partial charge in [-0.25, -0.2) is 14.6 Å². The number of esters is 1. The number of fused-ring (bicyclic) bond motifs is 1. The second-order valence-corrected chi connectivity index (χ2v) is 7.40. The number of aromatic nitrogens is 4. The smallest absolute Gasteiger partial charge is 0.341 e. The van der Waals surface area contributed by atoms with Crippen LogP contribution in [0.1, 0.15) is 17.3 Å². The number of rotatable bonds is 5. The quantitative estimate of drug-likeness (QED) is 0.441. The number of halogens is 1. The van der Waals surface area contributed by atoms with Crippen molar-refractivity contribution < 1.29 is 14.3 Å². The van der Waals surface area contributed by atoms with Crippen molar-refractivity contribution in [2.45, 2.75) is 13.5 Å². The van der Waals surface area contributed by atoms with Gasteiger partial charge in [0.1, 0.15) is 11.5 Å². The fourth-order valence-electron chi connectivity index (χ4n) is 2.69. The van der Waals surface area contributed by atoms with Crippen molar-refractivity contribution in [1.29, 1.82) is 0 Å². The molecule has 0 saturated carbocycles. The molecule has 0 saturated heterocycles. The van der Waals surface area contributed by atoms with Gasteiger partial charge in [-0.05, 0) is 34.3 Å². The second kappa shape index (κ2) is 7.72. The molecule has 10 nitrogen and oxygen atoms in total. The van der Waals surface area contributed by atoms with Crippen molar-refractivity contribution in [2.24, 2.45) is 14.1 Å². The van der Waals surface area contributed by atoms with Crippen molar-refractivity contribution in [3.05, 3.63) is 42.6 Å². The molecule has 0 aromatic carbocycles. The number of nitrogens with zero attached hydrogens (tertiary/aromatic N) is 4. The van der Waals surface area contributed by atoms with Gasteiger partial charge in [-0.3, -0.25) is 23.3 Å². The van der Waals surface area contributed by atoms with E-state index in [-0.39, 0.29) is 34.6 Å². The lowest BCUT2D eigenvalue weighted by Gasteiger charge is -2.10. The highest BCUT2D eigenvalue weighted by Crippen LogP contribution is 2.24. The van der Waals surface area contributed by atoms with Crippen LogP contribution in [-0.4, -0.2) is 37.2 Å². The molecule has 0 bridgehead atoms. The van der Waals surface area contributed by atoms with Gasteiger partial charge >= 0.3 is 11.7 Å². The minimum atomic E-state index is -0.555. The molecule has 1 amide bonds. The minimum absolute atomic E-state index is 0.0626. The third kappa shape index (κ3) is 3.40. The molecular formula is C16H16BrN5O5S. The summed E-state index contributed by atoms with van der Waals surface area (Å²) in [6.07, 6.45) is 0. The third-order valence-corrected chi connectivity index (χ3v) is 5.44. The van der Waals surface area contributed by atoms with Gasteiger partial charge in [0.2, 0.25) is 5.91 Å². The van der Waals surface area contributed by atoms with Crippen LogP contribution in [0.3, 0.4) is 0 Å². The molecule has 3 heterocycles. The summed E-state index contributed by atoms with van der Waals surface area (Å²) in [4.78, 5) is 53.1. The van der Waals surface area contributed by atoms with Crippen LogP contribution in [0.5, 0.6) is 0 Å². The summed E-state index contributed by atoms with van der Waals surface area (Å²) in [6.45, 7) is 1.69. The molecule has 28 heavy (non-hydrogen) atoms. The average molecular weight is 470 g/mol. The van der Waals surface area contributed by atoms with Gasteiger partial charge in [0.05, 0.1) is 12.2 Å². The van der Waals surface area contributed by atoms with E-state index in [2.05, 4.69) is 26.2 Å². The summed E-state index contributed by atoms with van der Waals surface area (Å²) in [5.74, 6) is -0.986. The van der Waals surface area contributed by atoms with Crippen LogP contribution in [0.15, 0.2) is 25.8 Å². The van der Waals surface area contributed by atoms with E-state index >= 15 is 0 Å². The Labute approximate surface area is 170 Å². The molecule has 3 aromatic rings. The number of carbonyl (C=O) groups excluding carboxylic acids is 2. The van der Waals surface area contributed by atoms with Gasteiger partial charge in [0.15, 0.2) is 15.9 Å². The first-order valence-electron chi connectivity index (χ1n) is 8.12. The van der Waals surface area contributed by atoms with Crippen LogP contribution < -0.4 is 16.6 Å². The average Bonchev–Trinajstić information content (AvgIpc) is 3.23. The van der Waals surface area contributed by atoms with Crippen LogP contribution in [0, 0.1) is 0 Å². The largest absolute Gasteiger partial charge is 0.462 e. The predicted octanol–water partition coefficient (Wildman–Crippen LogP) is 1.07. The summed E-state index contributed by atoms with van der Waals surface area (Å²) >= 11 is 4.41.